The lowest BCUT2D eigenvalue weighted by atomic mass is 10.1. The molecule has 0 amide bonds. The Kier molecular flexibility index (Phi) is 2.76. The molecule has 0 atom stereocenters. The van der Waals surface area contributed by atoms with Gasteiger partial charge in [0.15, 0.2) is 11.5 Å². The quantitative estimate of drug-likeness (QED) is 0.517. The normalized spacial score (nSPS) is 11.7. The van der Waals surface area contributed by atoms with Gasteiger partial charge in [0.25, 0.3) is 0 Å². The summed E-state index contributed by atoms with van der Waals surface area (Å²) < 4.78 is 3.82. The number of para-hydroxylation sites is 1. The van der Waals surface area contributed by atoms with Crippen molar-refractivity contribution in [2.24, 2.45) is 0 Å². The van der Waals surface area contributed by atoms with Crippen molar-refractivity contribution in [2.45, 2.75) is 0 Å². The van der Waals surface area contributed by atoms with E-state index in [1.807, 2.05) is 64.1 Å². The SMILES string of the molecule is c1ccc2c(c1)cnn2-c1nc(-c2ccc3nc[nH]c3c2)cn2ccnc12. The number of nitrogens with zero attached hydrogens (tertiary/aromatic N) is 6. The van der Waals surface area contributed by atoms with Crippen LogP contribution >= 0.6 is 0 Å². The van der Waals surface area contributed by atoms with E-state index < -0.39 is 0 Å². The van der Waals surface area contributed by atoms with E-state index in [9.17, 15) is 0 Å². The second kappa shape index (κ2) is 5.25. The van der Waals surface area contributed by atoms with E-state index in [0.717, 1.165) is 38.8 Å². The molecule has 7 nitrogen and oxygen atoms in total. The maximum absolute atomic E-state index is 4.91. The first kappa shape index (κ1) is 14.2. The van der Waals surface area contributed by atoms with Gasteiger partial charge < -0.3 is 9.38 Å². The molecule has 0 aliphatic rings. The fourth-order valence-electron chi connectivity index (χ4n) is 3.43. The first-order chi connectivity index (χ1) is 13.4. The monoisotopic (exact) mass is 351 g/mol. The van der Waals surface area contributed by atoms with Crippen LogP contribution in [0, 0.1) is 0 Å². The van der Waals surface area contributed by atoms with Gasteiger partial charge in [-0.2, -0.15) is 5.10 Å². The van der Waals surface area contributed by atoms with Gasteiger partial charge in [-0.25, -0.2) is 19.6 Å². The highest BCUT2D eigenvalue weighted by Gasteiger charge is 2.14. The Balaban J connectivity index is 1.64. The zero-order valence-electron chi connectivity index (χ0n) is 14.1. The van der Waals surface area contributed by atoms with E-state index in [0.29, 0.717) is 5.82 Å². The molecule has 4 heterocycles. The number of imidazole rings is 2. The Hall–Kier alpha value is -4.00. The van der Waals surface area contributed by atoms with Crippen LogP contribution in [0.2, 0.25) is 0 Å². The van der Waals surface area contributed by atoms with E-state index in [2.05, 4.69) is 26.1 Å². The maximum atomic E-state index is 4.91. The fourth-order valence-corrected chi connectivity index (χ4v) is 3.43. The van der Waals surface area contributed by atoms with Crippen LogP contribution in [0.5, 0.6) is 0 Å². The summed E-state index contributed by atoms with van der Waals surface area (Å²) in [6.07, 6.45) is 9.22. The van der Waals surface area contributed by atoms with Gasteiger partial charge in [-0.1, -0.05) is 24.3 Å². The third-order valence-electron chi connectivity index (χ3n) is 4.75. The molecule has 6 rings (SSSR count). The summed E-state index contributed by atoms with van der Waals surface area (Å²) in [5.74, 6) is 0.698. The number of hydrogen-bond acceptors (Lipinski definition) is 4. The molecule has 0 saturated heterocycles. The molecule has 0 fully saturated rings. The van der Waals surface area contributed by atoms with Crippen molar-refractivity contribution in [2.75, 3.05) is 0 Å². The van der Waals surface area contributed by atoms with Crippen LogP contribution in [0.15, 0.2) is 73.6 Å². The van der Waals surface area contributed by atoms with Crippen molar-refractivity contribution in [1.82, 2.24) is 34.1 Å². The van der Waals surface area contributed by atoms with Crippen LogP contribution in [0.3, 0.4) is 0 Å². The summed E-state index contributed by atoms with van der Waals surface area (Å²) >= 11 is 0. The van der Waals surface area contributed by atoms with Gasteiger partial charge >= 0.3 is 0 Å². The predicted molar refractivity (Wildman–Crippen MR) is 103 cm³/mol. The highest BCUT2D eigenvalue weighted by molar-refractivity contribution is 5.83. The van der Waals surface area contributed by atoms with Gasteiger partial charge in [-0.3, -0.25) is 0 Å². The Labute approximate surface area is 153 Å². The lowest BCUT2D eigenvalue weighted by molar-refractivity contribution is 0.869. The molecule has 2 aromatic carbocycles. The number of aromatic amines is 1. The van der Waals surface area contributed by atoms with E-state index in [1.165, 1.54) is 0 Å². The minimum atomic E-state index is 0.698. The van der Waals surface area contributed by atoms with Crippen LogP contribution in [-0.4, -0.2) is 34.1 Å². The number of rotatable bonds is 2. The second-order valence-electron chi connectivity index (χ2n) is 6.36. The van der Waals surface area contributed by atoms with Crippen LogP contribution in [0.1, 0.15) is 0 Å². The molecule has 7 heteroatoms. The largest absolute Gasteiger partial charge is 0.345 e. The summed E-state index contributed by atoms with van der Waals surface area (Å²) in [7, 11) is 0. The van der Waals surface area contributed by atoms with Gasteiger partial charge in [0.05, 0.1) is 34.8 Å². The van der Waals surface area contributed by atoms with E-state index in [-0.39, 0.29) is 0 Å². The lowest BCUT2D eigenvalue weighted by Gasteiger charge is -2.09. The zero-order valence-corrected chi connectivity index (χ0v) is 14.1. The summed E-state index contributed by atoms with van der Waals surface area (Å²) in [6.45, 7) is 0. The third kappa shape index (κ3) is 2.08. The topological polar surface area (TPSA) is 76.7 Å². The van der Waals surface area contributed by atoms with Crippen LogP contribution < -0.4 is 0 Å². The maximum Gasteiger partial charge on any atom is 0.198 e. The molecule has 27 heavy (non-hydrogen) atoms. The van der Waals surface area contributed by atoms with Crippen LogP contribution in [0.4, 0.5) is 0 Å². The minimum absolute atomic E-state index is 0.698. The summed E-state index contributed by atoms with van der Waals surface area (Å²) in [5.41, 5.74) is 5.50. The Morgan fingerprint density at radius 2 is 1.96 bits per heavy atom. The molecule has 1 N–H and O–H groups in total. The minimum Gasteiger partial charge on any atom is -0.345 e. The van der Waals surface area contributed by atoms with Crippen molar-refractivity contribution in [1.29, 1.82) is 0 Å². The number of H-pyrrole nitrogens is 1. The number of nitrogens with one attached hydrogen (secondary N) is 1. The lowest BCUT2D eigenvalue weighted by Crippen LogP contribution is -2.04. The van der Waals surface area contributed by atoms with E-state index in [4.69, 9.17) is 4.98 Å². The zero-order chi connectivity index (χ0) is 17.8. The molecule has 0 saturated carbocycles. The summed E-state index contributed by atoms with van der Waals surface area (Å²) in [5, 5.41) is 5.62. The van der Waals surface area contributed by atoms with Gasteiger partial charge in [0.1, 0.15) is 0 Å². The smallest absolute Gasteiger partial charge is 0.198 e. The predicted octanol–water partition coefficient (Wildman–Crippen LogP) is 3.61. The molecule has 0 unspecified atom stereocenters. The van der Waals surface area contributed by atoms with Crippen LogP contribution in [-0.2, 0) is 0 Å². The average molecular weight is 351 g/mol. The highest BCUT2D eigenvalue weighted by Crippen LogP contribution is 2.25. The first-order valence-corrected chi connectivity index (χ1v) is 8.57. The van der Waals surface area contributed by atoms with E-state index in [1.54, 1.807) is 12.5 Å². The Bertz CT molecular complexity index is 1440. The van der Waals surface area contributed by atoms with E-state index >= 15 is 0 Å². The second-order valence-corrected chi connectivity index (χ2v) is 6.36. The van der Waals surface area contributed by atoms with Gasteiger partial charge in [0, 0.05) is 29.5 Å². The molecular formula is C20H13N7. The number of benzene rings is 2. The summed E-state index contributed by atoms with van der Waals surface area (Å²) in [6, 6.07) is 14.1. The molecule has 0 bridgehead atoms. The molecular weight excluding hydrogens is 338 g/mol. The molecule has 6 aromatic rings. The van der Waals surface area contributed by atoms with Crippen molar-refractivity contribution >= 4 is 27.6 Å². The molecule has 4 aromatic heterocycles. The third-order valence-corrected chi connectivity index (χ3v) is 4.75. The van der Waals surface area contributed by atoms with Crippen molar-refractivity contribution in [3.05, 3.63) is 73.6 Å². The number of aromatic nitrogens is 7. The van der Waals surface area contributed by atoms with Crippen molar-refractivity contribution < 1.29 is 0 Å². The Morgan fingerprint density at radius 1 is 1.00 bits per heavy atom. The molecule has 128 valence electrons. The summed E-state index contributed by atoms with van der Waals surface area (Å²) in [4.78, 5) is 16.8. The first-order valence-electron chi connectivity index (χ1n) is 8.57. The molecule has 0 aliphatic carbocycles. The highest BCUT2D eigenvalue weighted by atomic mass is 15.3. The van der Waals surface area contributed by atoms with Gasteiger partial charge in [-0.05, 0) is 18.2 Å². The number of fused-ring (bicyclic) bond motifs is 3. The number of hydrogen-bond donors (Lipinski definition) is 1. The van der Waals surface area contributed by atoms with Crippen molar-refractivity contribution in [3.8, 4) is 17.1 Å². The standard InChI is InChI=1S/C20H13N7/c1-2-4-18-14(3-1)10-24-27(18)20-19-21-7-8-26(19)11-17(25-20)13-5-6-15-16(9-13)23-12-22-15/h1-12H,(H,22,23). The molecule has 0 radical (unpaired) electrons. The van der Waals surface area contributed by atoms with Gasteiger partial charge in [-0.15, -0.1) is 0 Å². The molecule has 0 aliphatic heterocycles. The fraction of sp³-hybridized carbons (Fsp3) is 0. The van der Waals surface area contributed by atoms with Gasteiger partial charge in [0.2, 0.25) is 0 Å². The Morgan fingerprint density at radius 3 is 2.96 bits per heavy atom. The average Bonchev–Trinajstić information content (AvgIpc) is 3.44. The molecule has 0 spiro atoms. The van der Waals surface area contributed by atoms with Crippen molar-refractivity contribution in [3.63, 3.8) is 0 Å². The van der Waals surface area contributed by atoms with Crippen LogP contribution in [0.25, 0.3) is 44.7 Å².